The van der Waals surface area contributed by atoms with Gasteiger partial charge in [-0.1, -0.05) is 11.6 Å². The van der Waals surface area contributed by atoms with Crippen LogP contribution in [-0.2, 0) is 0 Å². The number of halogens is 1. The van der Waals surface area contributed by atoms with Crippen molar-refractivity contribution in [2.75, 3.05) is 33.4 Å². The molecule has 2 aliphatic rings. The van der Waals surface area contributed by atoms with Gasteiger partial charge in [-0.3, -0.25) is 10.3 Å². The molecular weight excluding hydrogens is 267 g/mol. The predicted octanol–water partition coefficient (Wildman–Crippen LogP) is 1.64. The van der Waals surface area contributed by atoms with Gasteiger partial charge >= 0.3 is 0 Å². The van der Waals surface area contributed by atoms with Crippen molar-refractivity contribution >= 4 is 5.71 Å². The van der Waals surface area contributed by atoms with Gasteiger partial charge in [0, 0.05) is 51.0 Å². The molecule has 0 bridgehead atoms. The van der Waals surface area contributed by atoms with Crippen molar-refractivity contribution in [3.63, 3.8) is 0 Å². The van der Waals surface area contributed by atoms with Crippen molar-refractivity contribution in [3.05, 3.63) is 11.6 Å². The van der Waals surface area contributed by atoms with Crippen molar-refractivity contribution in [1.29, 1.82) is 0 Å². The second-order valence-corrected chi connectivity index (χ2v) is 6.19. The fourth-order valence-electron chi connectivity index (χ4n) is 2.80. The number of alkyl halides is 1. The lowest BCUT2D eigenvalue weighted by molar-refractivity contribution is 0.304. The van der Waals surface area contributed by atoms with E-state index < -0.39 is 6.17 Å². The molecule has 0 aromatic carbocycles. The van der Waals surface area contributed by atoms with Crippen molar-refractivity contribution in [3.8, 4) is 0 Å². The summed E-state index contributed by atoms with van der Waals surface area (Å²) in [5, 5.41) is 10.2. The average molecular weight is 296 g/mol. The average Bonchev–Trinajstić information content (AvgIpc) is 2.45. The third kappa shape index (κ3) is 5.49. The van der Waals surface area contributed by atoms with Crippen molar-refractivity contribution in [1.82, 2.24) is 16.0 Å². The largest absolute Gasteiger partial charge is 0.314 e. The van der Waals surface area contributed by atoms with Crippen LogP contribution in [0.15, 0.2) is 16.6 Å². The lowest BCUT2D eigenvalue weighted by Gasteiger charge is -2.29. The van der Waals surface area contributed by atoms with Gasteiger partial charge in [-0.2, -0.15) is 0 Å². The predicted molar refractivity (Wildman–Crippen MR) is 86.6 cm³/mol. The van der Waals surface area contributed by atoms with Gasteiger partial charge in [-0.05, 0) is 32.6 Å². The molecule has 2 atom stereocenters. The number of nitrogens with zero attached hydrogens (tertiary/aromatic N) is 1. The number of allylic oxidation sites excluding steroid dienone is 2. The zero-order valence-corrected chi connectivity index (χ0v) is 13.3. The summed E-state index contributed by atoms with van der Waals surface area (Å²) >= 11 is 0. The Morgan fingerprint density at radius 2 is 2.33 bits per heavy atom. The monoisotopic (exact) mass is 296 g/mol. The van der Waals surface area contributed by atoms with Crippen LogP contribution < -0.4 is 16.0 Å². The SMILES string of the molecule is CN=C(C)C(CNCNC1CNC1)CC1=CCC(F)CC1. The normalized spacial score (nSPS) is 25.4. The van der Waals surface area contributed by atoms with E-state index in [0.29, 0.717) is 24.8 Å². The van der Waals surface area contributed by atoms with Crippen LogP contribution in [0.4, 0.5) is 4.39 Å². The third-order valence-electron chi connectivity index (χ3n) is 4.58. The van der Waals surface area contributed by atoms with Gasteiger partial charge in [-0.15, -0.1) is 0 Å². The molecule has 1 heterocycles. The Hall–Kier alpha value is -0.780. The molecule has 3 N–H and O–H groups in total. The molecule has 1 saturated heterocycles. The van der Waals surface area contributed by atoms with E-state index in [2.05, 4.69) is 33.9 Å². The van der Waals surface area contributed by atoms with E-state index in [4.69, 9.17) is 0 Å². The van der Waals surface area contributed by atoms with E-state index in [1.807, 2.05) is 7.05 Å². The molecular formula is C16H29FN4. The molecule has 1 aliphatic carbocycles. The zero-order chi connectivity index (χ0) is 15.1. The van der Waals surface area contributed by atoms with E-state index in [0.717, 1.165) is 39.1 Å². The summed E-state index contributed by atoms with van der Waals surface area (Å²) < 4.78 is 13.2. The lowest BCUT2D eigenvalue weighted by atomic mass is 9.88. The Morgan fingerprint density at radius 3 is 2.90 bits per heavy atom. The van der Waals surface area contributed by atoms with Gasteiger partial charge in [0.15, 0.2) is 0 Å². The Labute approximate surface area is 127 Å². The Balaban J connectivity index is 1.74. The first kappa shape index (κ1) is 16.6. The topological polar surface area (TPSA) is 48.5 Å². The summed E-state index contributed by atoms with van der Waals surface area (Å²) in [4.78, 5) is 4.36. The van der Waals surface area contributed by atoms with Gasteiger partial charge in [-0.25, -0.2) is 4.39 Å². The number of hydrogen-bond donors (Lipinski definition) is 3. The van der Waals surface area contributed by atoms with Crippen molar-refractivity contribution in [2.45, 2.75) is 44.8 Å². The second-order valence-electron chi connectivity index (χ2n) is 6.19. The van der Waals surface area contributed by atoms with Gasteiger partial charge in [0.05, 0.1) is 0 Å². The first-order valence-corrected chi connectivity index (χ1v) is 8.09. The molecule has 2 rings (SSSR count). The van der Waals surface area contributed by atoms with Crippen LogP contribution >= 0.6 is 0 Å². The van der Waals surface area contributed by atoms with E-state index in [1.165, 1.54) is 11.3 Å². The molecule has 120 valence electrons. The maximum Gasteiger partial charge on any atom is 0.104 e. The van der Waals surface area contributed by atoms with Crippen LogP contribution in [0.25, 0.3) is 0 Å². The van der Waals surface area contributed by atoms with Crippen LogP contribution in [0.2, 0.25) is 0 Å². The molecule has 1 fully saturated rings. The highest BCUT2D eigenvalue weighted by molar-refractivity contribution is 5.84. The number of rotatable bonds is 8. The number of nitrogens with one attached hydrogen (secondary N) is 3. The van der Waals surface area contributed by atoms with Crippen molar-refractivity contribution < 1.29 is 4.39 Å². The van der Waals surface area contributed by atoms with E-state index in [1.54, 1.807) is 0 Å². The molecule has 1 aliphatic heterocycles. The maximum atomic E-state index is 13.2. The third-order valence-corrected chi connectivity index (χ3v) is 4.58. The highest BCUT2D eigenvalue weighted by atomic mass is 19.1. The summed E-state index contributed by atoms with van der Waals surface area (Å²) in [7, 11) is 1.85. The fraction of sp³-hybridized carbons (Fsp3) is 0.812. The van der Waals surface area contributed by atoms with Crippen LogP contribution in [0.3, 0.4) is 0 Å². The van der Waals surface area contributed by atoms with Crippen molar-refractivity contribution in [2.24, 2.45) is 10.9 Å². The molecule has 0 radical (unpaired) electrons. The van der Waals surface area contributed by atoms with E-state index >= 15 is 0 Å². The smallest absolute Gasteiger partial charge is 0.104 e. The molecule has 2 unspecified atom stereocenters. The molecule has 4 nitrogen and oxygen atoms in total. The minimum absolute atomic E-state index is 0.415. The maximum absolute atomic E-state index is 13.2. The van der Waals surface area contributed by atoms with Crippen LogP contribution in [0.5, 0.6) is 0 Å². The fourth-order valence-corrected chi connectivity index (χ4v) is 2.80. The molecule has 21 heavy (non-hydrogen) atoms. The Morgan fingerprint density at radius 1 is 1.52 bits per heavy atom. The number of hydrogen-bond acceptors (Lipinski definition) is 4. The van der Waals surface area contributed by atoms with E-state index in [9.17, 15) is 4.39 Å². The molecule has 0 saturated carbocycles. The standard InChI is InChI=1S/C16H29FN4/c1-12(18-2)14(7-13-3-5-15(17)6-4-13)8-20-11-21-16-9-19-10-16/h3,14-16,19-21H,4-11H2,1-2H3. The molecule has 0 amide bonds. The Bertz CT molecular complexity index is 376. The quantitative estimate of drug-likeness (QED) is 0.276. The van der Waals surface area contributed by atoms with Gasteiger partial charge in [0.1, 0.15) is 6.17 Å². The van der Waals surface area contributed by atoms with Crippen LogP contribution in [-0.4, -0.2) is 51.3 Å². The summed E-state index contributed by atoms with van der Waals surface area (Å²) in [6.45, 7) is 5.99. The summed E-state index contributed by atoms with van der Waals surface area (Å²) in [5.41, 5.74) is 2.57. The Kier molecular flexibility index (Phi) is 6.80. The van der Waals surface area contributed by atoms with Gasteiger partial charge in [0.25, 0.3) is 0 Å². The molecule has 0 aromatic rings. The van der Waals surface area contributed by atoms with Gasteiger partial charge in [0.2, 0.25) is 0 Å². The molecule has 5 heteroatoms. The minimum Gasteiger partial charge on any atom is -0.314 e. The highest BCUT2D eigenvalue weighted by Gasteiger charge is 2.19. The first-order chi connectivity index (χ1) is 10.2. The summed E-state index contributed by atoms with van der Waals surface area (Å²) in [6.07, 6.45) is 4.65. The van der Waals surface area contributed by atoms with E-state index in [-0.39, 0.29) is 0 Å². The van der Waals surface area contributed by atoms with Crippen LogP contribution in [0.1, 0.15) is 32.6 Å². The summed E-state index contributed by atoms with van der Waals surface area (Å²) in [6, 6.07) is 0.611. The lowest BCUT2D eigenvalue weighted by Crippen LogP contribution is -2.57. The minimum atomic E-state index is -0.633. The second kappa shape index (κ2) is 8.61. The van der Waals surface area contributed by atoms with Crippen LogP contribution in [0, 0.1) is 5.92 Å². The number of aliphatic imine (C=N–C) groups is 1. The summed E-state index contributed by atoms with van der Waals surface area (Å²) in [5.74, 6) is 0.415. The highest BCUT2D eigenvalue weighted by Crippen LogP contribution is 2.26. The van der Waals surface area contributed by atoms with Gasteiger partial charge < -0.3 is 10.6 Å². The first-order valence-electron chi connectivity index (χ1n) is 8.09. The molecule has 0 spiro atoms. The zero-order valence-electron chi connectivity index (χ0n) is 13.3. The molecule has 0 aromatic heterocycles.